The van der Waals surface area contributed by atoms with Crippen LogP contribution >= 0.6 is 0 Å². The molecule has 1 aromatic heterocycles. The molecule has 0 spiro atoms. The molecule has 1 N–H and O–H groups in total. The van der Waals surface area contributed by atoms with Gasteiger partial charge in [-0.3, -0.25) is 0 Å². The molecule has 4 heteroatoms. The topological polar surface area (TPSA) is 29.4 Å². The highest BCUT2D eigenvalue weighted by Crippen LogP contribution is 2.46. The van der Waals surface area contributed by atoms with Crippen LogP contribution in [0.5, 0.6) is 11.5 Å². The summed E-state index contributed by atoms with van der Waals surface area (Å²) < 4.78 is 8.58. The van der Waals surface area contributed by atoms with Gasteiger partial charge in [0.05, 0.1) is 22.4 Å². The normalized spacial score (nSPS) is 13.9. The molecule has 1 aliphatic rings. The van der Waals surface area contributed by atoms with E-state index >= 15 is 0 Å². The number of aromatic nitrogens is 1. The van der Waals surface area contributed by atoms with Crippen LogP contribution in [0, 0.1) is 0 Å². The van der Waals surface area contributed by atoms with Gasteiger partial charge in [0, 0.05) is 22.1 Å². The van der Waals surface area contributed by atoms with E-state index in [9.17, 15) is 0 Å². The van der Waals surface area contributed by atoms with Crippen molar-refractivity contribution in [1.29, 1.82) is 0 Å². The molecular weight excluding hydrogens is 574 g/mol. The first-order valence-corrected chi connectivity index (χ1v) is 16.0. The van der Waals surface area contributed by atoms with Crippen LogP contribution in [-0.4, -0.2) is 4.57 Å². The van der Waals surface area contributed by atoms with Crippen molar-refractivity contribution >= 4 is 38.9 Å². The minimum absolute atomic E-state index is 0.0148. The van der Waals surface area contributed by atoms with Gasteiger partial charge in [0.15, 0.2) is 0 Å². The Hall–Kier alpha value is -6.26. The average molecular weight is 606 g/mol. The number of rotatable bonds is 6. The smallest absolute Gasteiger partial charge is 0.130 e. The highest BCUT2D eigenvalue weighted by atomic mass is 16.5. The van der Waals surface area contributed by atoms with E-state index in [4.69, 9.17) is 4.74 Å². The molecule has 0 saturated heterocycles. The first kappa shape index (κ1) is 27.1. The van der Waals surface area contributed by atoms with Crippen molar-refractivity contribution in [1.82, 2.24) is 4.57 Å². The molecule has 8 aromatic rings. The predicted molar refractivity (Wildman–Crippen MR) is 194 cm³/mol. The summed E-state index contributed by atoms with van der Waals surface area (Å²) in [5.74, 6) is 1.61. The zero-order valence-electron chi connectivity index (χ0n) is 25.6. The van der Waals surface area contributed by atoms with Crippen molar-refractivity contribution in [3.05, 3.63) is 181 Å². The van der Waals surface area contributed by atoms with Gasteiger partial charge in [-0.05, 0) is 89.5 Å². The van der Waals surface area contributed by atoms with Crippen LogP contribution in [0.3, 0.4) is 0 Å². The second-order valence-electron chi connectivity index (χ2n) is 11.9. The molecule has 1 atom stereocenters. The van der Waals surface area contributed by atoms with Crippen molar-refractivity contribution in [2.45, 2.75) is 6.17 Å². The lowest BCUT2D eigenvalue weighted by atomic mass is 10.0. The van der Waals surface area contributed by atoms with Crippen LogP contribution in [0.15, 0.2) is 176 Å². The number of anilines is 3. The molecule has 7 aromatic carbocycles. The van der Waals surface area contributed by atoms with Crippen molar-refractivity contribution < 1.29 is 4.74 Å². The molecule has 0 saturated carbocycles. The van der Waals surface area contributed by atoms with Crippen LogP contribution in [0.2, 0.25) is 0 Å². The standard InChI is InChI=1S/C43H31N3O/c1-2-10-33(11-3-1)46-42-17-9-6-14-39(42)44-43(46)32-20-18-30(19-21-32)31-22-26-35(27-23-31)47-36-28-24-34(25-29-36)45-40-15-7-4-12-37(40)38-13-5-8-16-41(38)45/h1-29,43-44H. The molecule has 224 valence electrons. The van der Waals surface area contributed by atoms with E-state index in [1.54, 1.807) is 0 Å². The Morgan fingerprint density at radius 3 is 1.64 bits per heavy atom. The van der Waals surface area contributed by atoms with Crippen molar-refractivity contribution in [2.24, 2.45) is 0 Å². The first-order chi connectivity index (χ1) is 23.3. The maximum absolute atomic E-state index is 6.26. The summed E-state index contributed by atoms with van der Waals surface area (Å²) in [7, 11) is 0. The summed E-state index contributed by atoms with van der Waals surface area (Å²) in [6.07, 6.45) is 0.0148. The molecule has 0 radical (unpaired) electrons. The summed E-state index contributed by atoms with van der Waals surface area (Å²) >= 11 is 0. The van der Waals surface area contributed by atoms with E-state index in [2.05, 4.69) is 166 Å². The van der Waals surface area contributed by atoms with Crippen molar-refractivity contribution in [3.63, 3.8) is 0 Å². The Morgan fingerprint density at radius 1 is 0.447 bits per heavy atom. The highest BCUT2D eigenvalue weighted by Gasteiger charge is 2.30. The Bertz CT molecular complexity index is 2290. The molecule has 1 aliphatic heterocycles. The number of ether oxygens (including phenoxy) is 1. The number of benzene rings is 7. The Morgan fingerprint density at radius 2 is 0.979 bits per heavy atom. The Balaban J connectivity index is 0.929. The van der Waals surface area contributed by atoms with Gasteiger partial charge in [-0.1, -0.05) is 103 Å². The molecule has 4 nitrogen and oxygen atoms in total. The van der Waals surface area contributed by atoms with Gasteiger partial charge in [-0.25, -0.2) is 0 Å². The number of nitrogens with zero attached hydrogens (tertiary/aromatic N) is 2. The Labute approximate surface area is 273 Å². The van der Waals surface area contributed by atoms with Crippen LogP contribution in [0.1, 0.15) is 11.7 Å². The van der Waals surface area contributed by atoms with Gasteiger partial charge in [0.25, 0.3) is 0 Å². The fourth-order valence-electron chi connectivity index (χ4n) is 6.84. The van der Waals surface area contributed by atoms with Crippen molar-refractivity contribution in [2.75, 3.05) is 10.2 Å². The summed E-state index contributed by atoms with van der Waals surface area (Å²) in [6.45, 7) is 0. The largest absolute Gasteiger partial charge is 0.457 e. The second kappa shape index (κ2) is 11.3. The lowest BCUT2D eigenvalue weighted by Gasteiger charge is -2.27. The van der Waals surface area contributed by atoms with Crippen molar-refractivity contribution in [3.8, 4) is 28.3 Å². The number of para-hydroxylation sites is 5. The second-order valence-corrected chi connectivity index (χ2v) is 11.9. The molecule has 0 aliphatic carbocycles. The third-order valence-corrected chi connectivity index (χ3v) is 9.07. The lowest BCUT2D eigenvalue weighted by Crippen LogP contribution is -2.23. The highest BCUT2D eigenvalue weighted by molar-refractivity contribution is 6.09. The predicted octanol–water partition coefficient (Wildman–Crippen LogP) is 11.5. The van der Waals surface area contributed by atoms with E-state index in [1.165, 1.54) is 33.1 Å². The SMILES string of the molecule is c1ccc(N2c3ccccc3NC2c2ccc(-c3ccc(Oc4ccc(-n5c6ccccc6c6ccccc65)cc4)cc3)cc2)cc1. The summed E-state index contributed by atoms with van der Waals surface area (Å²) in [6, 6.07) is 61.7. The monoisotopic (exact) mass is 605 g/mol. The molecule has 47 heavy (non-hydrogen) atoms. The van der Waals surface area contributed by atoms with E-state index in [1.807, 2.05) is 24.3 Å². The van der Waals surface area contributed by atoms with Gasteiger partial charge in [0.1, 0.15) is 17.7 Å². The van der Waals surface area contributed by atoms with Gasteiger partial charge in [-0.2, -0.15) is 0 Å². The van der Waals surface area contributed by atoms with Gasteiger partial charge in [-0.15, -0.1) is 0 Å². The van der Waals surface area contributed by atoms with Crippen LogP contribution in [-0.2, 0) is 0 Å². The van der Waals surface area contributed by atoms with Gasteiger partial charge >= 0.3 is 0 Å². The molecule has 9 rings (SSSR count). The quantitative estimate of drug-likeness (QED) is 0.204. The number of hydrogen-bond acceptors (Lipinski definition) is 3. The third kappa shape index (κ3) is 4.79. The zero-order valence-corrected chi connectivity index (χ0v) is 25.6. The van der Waals surface area contributed by atoms with Gasteiger partial charge < -0.3 is 19.5 Å². The number of fused-ring (bicyclic) bond motifs is 4. The minimum atomic E-state index is 0.0148. The fraction of sp³-hybridized carbons (Fsp3) is 0.0233. The van der Waals surface area contributed by atoms with E-state index < -0.39 is 0 Å². The maximum atomic E-state index is 6.26. The van der Waals surface area contributed by atoms with Gasteiger partial charge in [0.2, 0.25) is 0 Å². The first-order valence-electron chi connectivity index (χ1n) is 16.0. The molecule has 2 heterocycles. The van der Waals surface area contributed by atoms with E-state index in [-0.39, 0.29) is 6.17 Å². The average Bonchev–Trinajstić information content (AvgIpc) is 3.69. The van der Waals surface area contributed by atoms with Crippen LogP contribution in [0.25, 0.3) is 38.6 Å². The summed E-state index contributed by atoms with van der Waals surface area (Å²) in [5, 5.41) is 6.24. The summed E-state index contributed by atoms with van der Waals surface area (Å²) in [4.78, 5) is 2.37. The minimum Gasteiger partial charge on any atom is -0.457 e. The molecule has 0 bridgehead atoms. The fourth-order valence-corrected chi connectivity index (χ4v) is 6.84. The molecule has 0 amide bonds. The molecule has 1 unspecified atom stereocenters. The zero-order chi connectivity index (χ0) is 31.2. The van der Waals surface area contributed by atoms with E-state index in [0.29, 0.717) is 0 Å². The van der Waals surface area contributed by atoms with Crippen LogP contribution < -0.4 is 15.0 Å². The molecular formula is C43H31N3O. The lowest BCUT2D eigenvalue weighted by molar-refractivity contribution is 0.482. The number of nitrogens with one attached hydrogen (secondary N) is 1. The van der Waals surface area contributed by atoms with E-state index in [0.717, 1.165) is 39.7 Å². The Kier molecular flexibility index (Phi) is 6.50. The summed E-state index contributed by atoms with van der Waals surface area (Å²) in [5.41, 5.74) is 10.5. The third-order valence-electron chi connectivity index (χ3n) is 9.07. The molecule has 0 fully saturated rings. The van der Waals surface area contributed by atoms with Crippen LogP contribution in [0.4, 0.5) is 17.1 Å². The number of hydrogen-bond donors (Lipinski definition) is 1. The maximum Gasteiger partial charge on any atom is 0.130 e.